The highest BCUT2D eigenvalue weighted by atomic mass is 32.1. The van der Waals surface area contributed by atoms with E-state index in [0.29, 0.717) is 0 Å². The number of hydrogen-bond donors (Lipinski definition) is 2. The van der Waals surface area contributed by atoms with E-state index in [9.17, 15) is 18.0 Å². The number of rotatable bonds is 2. The minimum Gasteiger partial charge on any atom is -0.397 e. The van der Waals surface area contributed by atoms with Gasteiger partial charge >= 0.3 is 6.18 Å². The maximum Gasteiger partial charge on any atom is 0.405 e. The van der Waals surface area contributed by atoms with Crippen LogP contribution in [-0.4, -0.2) is 18.6 Å². The van der Waals surface area contributed by atoms with E-state index in [1.165, 1.54) is 11.4 Å². The molecular formula is C7H7F3N2OS. The van der Waals surface area contributed by atoms with Crippen molar-refractivity contribution in [3.05, 3.63) is 16.3 Å². The van der Waals surface area contributed by atoms with Crippen molar-refractivity contribution in [2.24, 2.45) is 0 Å². The van der Waals surface area contributed by atoms with Crippen LogP contribution < -0.4 is 11.1 Å². The minimum atomic E-state index is -4.40. The minimum absolute atomic E-state index is 0.106. The summed E-state index contributed by atoms with van der Waals surface area (Å²) in [5.41, 5.74) is 5.54. The Labute approximate surface area is 81.7 Å². The van der Waals surface area contributed by atoms with Crippen molar-refractivity contribution < 1.29 is 18.0 Å². The molecule has 0 aromatic carbocycles. The van der Waals surface area contributed by atoms with Crippen LogP contribution in [-0.2, 0) is 0 Å². The van der Waals surface area contributed by atoms with Crippen LogP contribution in [0, 0.1) is 0 Å². The maximum absolute atomic E-state index is 11.7. The van der Waals surface area contributed by atoms with Crippen LogP contribution in [0.15, 0.2) is 11.4 Å². The number of alkyl halides is 3. The number of carbonyl (C=O) groups excluding carboxylic acids is 1. The molecule has 0 spiro atoms. The predicted molar refractivity (Wildman–Crippen MR) is 47.1 cm³/mol. The number of thiophene rings is 1. The normalized spacial score (nSPS) is 11.4. The Morgan fingerprint density at radius 1 is 1.57 bits per heavy atom. The molecule has 0 fully saturated rings. The zero-order valence-corrected chi connectivity index (χ0v) is 7.71. The average Bonchev–Trinajstić information content (AvgIpc) is 2.46. The number of amides is 1. The fraction of sp³-hybridized carbons (Fsp3) is 0.286. The van der Waals surface area contributed by atoms with Gasteiger partial charge in [0.15, 0.2) is 0 Å². The lowest BCUT2D eigenvalue weighted by Crippen LogP contribution is -2.33. The molecule has 0 atom stereocenters. The highest BCUT2D eigenvalue weighted by molar-refractivity contribution is 7.12. The van der Waals surface area contributed by atoms with Gasteiger partial charge in [-0.05, 0) is 11.4 Å². The second-order valence-electron chi connectivity index (χ2n) is 2.50. The molecule has 78 valence electrons. The Morgan fingerprint density at radius 2 is 2.21 bits per heavy atom. The van der Waals surface area contributed by atoms with Crippen LogP contribution in [0.5, 0.6) is 0 Å². The first-order chi connectivity index (χ1) is 6.40. The summed E-state index contributed by atoms with van der Waals surface area (Å²) in [4.78, 5) is 11.2. The molecule has 3 nitrogen and oxygen atoms in total. The molecule has 0 saturated heterocycles. The first-order valence-corrected chi connectivity index (χ1v) is 4.46. The topological polar surface area (TPSA) is 55.1 Å². The van der Waals surface area contributed by atoms with Gasteiger partial charge in [0.05, 0.1) is 5.69 Å². The van der Waals surface area contributed by atoms with E-state index in [-0.39, 0.29) is 10.6 Å². The van der Waals surface area contributed by atoms with E-state index in [2.05, 4.69) is 0 Å². The summed E-state index contributed by atoms with van der Waals surface area (Å²) >= 11 is 1.00. The second kappa shape index (κ2) is 3.87. The van der Waals surface area contributed by atoms with Gasteiger partial charge in [0.1, 0.15) is 11.4 Å². The van der Waals surface area contributed by atoms with Gasteiger partial charge in [-0.3, -0.25) is 4.79 Å². The second-order valence-corrected chi connectivity index (χ2v) is 3.42. The largest absolute Gasteiger partial charge is 0.405 e. The monoisotopic (exact) mass is 224 g/mol. The SMILES string of the molecule is Nc1ccsc1C(=O)NCC(F)(F)F. The van der Waals surface area contributed by atoms with Crippen molar-refractivity contribution in [1.82, 2.24) is 5.32 Å². The number of anilines is 1. The predicted octanol–water partition coefficient (Wildman–Crippen LogP) is 1.62. The third kappa shape index (κ3) is 2.91. The van der Waals surface area contributed by atoms with Gasteiger partial charge in [0.2, 0.25) is 0 Å². The molecule has 0 radical (unpaired) electrons. The molecule has 1 aromatic heterocycles. The zero-order valence-electron chi connectivity index (χ0n) is 6.89. The highest BCUT2D eigenvalue weighted by Crippen LogP contribution is 2.19. The van der Waals surface area contributed by atoms with Crippen LogP contribution in [0.3, 0.4) is 0 Å². The van der Waals surface area contributed by atoms with E-state index >= 15 is 0 Å². The van der Waals surface area contributed by atoms with Crippen molar-refractivity contribution in [1.29, 1.82) is 0 Å². The van der Waals surface area contributed by atoms with Gasteiger partial charge in [-0.2, -0.15) is 13.2 Å². The molecule has 1 heterocycles. The van der Waals surface area contributed by atoms with Crippen molar-refractivity contribution in [2.75, 3.05) is 12.3 Å². The number of nitrogens with one attached hydrogen (secondary N) is 1. The Hall–Kier alpha value is -1.24. The third-order valence-corrected chi connectivity index (χ3v) is 2.28. The molecular weight excluding hydrogens is 217 g/mol. The van der Waals surface area contributed by atoms with Crippen LogP contribution in [0.2, 0.25) is 0 Å². The van der Waals surface area contributed by atoms with Crippen molar-refractivity contribution in [3.8, 4) is 0 Å². The standard InChI is InChI=1S/C7H7F3N2OS/c8-7(9,10)3-12-6(13)5-4(11)1-2-14-5/h1-2H,3,11H2,(H,12,13). The summed E-state index contributed by atoms with van der Waals surface area (Å²) in [5.74, 6) is -0.796. The summed E-state index contributed by atoms with van der Waals surface area (Å²) in [5, 5.41) is 3.27. The fourth-order valence-corrected chi connectivity index (χ4v) is 1.50. The van der Waals surface area contributed by atoms with Crippen LogP contribution in [0.25, 0.3) is 0 Å². The van der Waals surface area contributed by atoms with Gasteiger partial charge in [-0.15, -0.1) is 11.3 Å². The molecule has 0 aliphatic rings. The molecule has 7 heteroatoms. The van der Waals surface area contributed by atoms with Crippen LogP contribution in [0.4, 0.5) is 18.9 Å². The van der Waals surface area contributed by atoms with E-state index in [1.807, 2.05) is 0 Å². The molecule has 1 rings (SSSR count). The van der Waals surface area contributed by atoms with Crippen molar-refractivity contribution in [2.45, 2.75) is 6.18 Å². The van der Waals surface area contributed by atoms with E-state index < -0.39 is 18.6 Å². The van der Waals surface area contributed by atoms with Gasteiger partial charge in [-0.1, -0.05) is 0 Å². The summed E-state index contributed by atoms with van der Waals surface area (Å²) < 4.78 is 35.1. The first-order valence-electron chi connectivity index (χ1n) is 3.58. The third-order valence-electron chi connectivity index (χ3n) is 1.35. The Bertz CT molecular complexity index is 334. The summed E-state index contributed by atoms with van der Waals surface area (Å²) in [6, 6.07) is 1.47. The van der Waals surface area contributed by atoms with E-state index in [0.717, 1.165) is 11.3 Å². The average molecular weight is 224 g/mol. The molecule has 0 saturated carbocycles. The lowest BCUT2D eigenvalue weighted by molar-refractivity contribution is -0.123. The smallest absolute Gasteiger partial charge is 0.397 e. The quantitative estimate of drug-likeness (QED) is 0.802. The summed E-state index contributed by atoms with van der Waals surface area (Å²) in [6.07, 6.45) is -4.40. The summed E-state index contributed by atoms with van der Waals surface area (Å²) in [6.45, 7) is -1.34. The molecule has 0 bridgehead atoms. The van der Waals surface area contributed by atoms with Gasteiger partial charge < -0.3 is 11.1 Å². The number of nitrogens with two attached hydrogens (primary N) is 1. The Morgan fingerprint density at radius 3 is 2.64 bits per heavy atom. The number of nitrogen functional groups attached to an aromatic ring is 1. The van der Waals surface area contributed by atoms with Gasteiger partial charge in [0.25, 0.3) is 5.91 Å². The summed E-state index contributed by atoms with van der Waals surface area (Å²) in [7, 11) is 0. The molecule has 1 aromatic rings. The number of halogens is 3. The fourth-order valence-electron chi connectivity index (χ4n) is 0.764. The van der Waals surface area contributed by atoms with Gasteiger partial charge in [-0.25, -0.2) is 0 Å². The molecule has 0 aliphatic heterocycles. The maximum atomic E-state index is 11.7. The molecule has 1 amide bonds. The molecule has 0 unspecified atom stereocenters. The lowest BCUT2D eigenvalue weighted by atomic mass is 10.4. The highest BCUT2D eigenvalue weighted by Gasteiger charge is 2.28. The van der Waals surface area contributed by atoms with Crippen LogP contribution >= 0.6 is 11.3 Å². The van der Waals surface area contributed by atoms with Gasteiger partial charge in [0, 0.05) is 0 Å². The lowest BCUT2D eigenvalue weighted by Gasteiger charge is -2.07. The molecule has 14 heavy (non-hydrogen) atoms. The zero-order chi connectivity index (χ0) is 10.8. The first kappa shape index (κ1) is 10.8. The number of hydrogen-bond acceptors (Lipinski definition) is 3. The van der Waals surface area contributed by atoms with E-state index in [1.54, 1.807) is 5.32 Å². The van der Waals surface area contributed by atoms with E-state index in [4.69, 9.17) is 5.73 Å². The van der Waals surface area contributed by atoms with Crippen molar-refractivity contribution in [3.63, 3.8) is 0 Å². The van der Waals surface area contributed by atoms with Crippen LogP contribution in [0.1, 0.15) is 9.67 Å². The van der Waals surface area contributed by atoms with Crippen molar-refractivity contribution >= 4 is 22.9 Å². The Balaban J connectivity index is 2.56. The Kier molecular flexibility index (Phi) is 3.00. The molecule has 3 N–H and O–H groups in total. The number of carbonyl (C=O) groups is 1. The molecule has 0 aliphatic carbocycles.